The molecule has 2 heterocycles. The number of hydrogen-bond acceptors (Lipinski definition) is 4. The zero-order valence-corrected chi connectivity index (χ0v) is 12.2. The van der Waals surface area contributed by atoms with E-state index in [9.17, 15) is 4.79 Å². The number of thiocarbonyl (C=S) groups is 1. The van der Waals surface area contributed by atoms with Gasteiger partial charge in [-0.3, -0.25) is 14.0 Å². The first-order chi connectivity index (χ1) is 10.1. The Balaban J connectivity index is 1.96. The molecule has 0 radical (unpaired) electrons. The van der Waals surface area contributed by atoms with Crippen LogP contribution in [0.2, 0.25) is 0 Å². The van der Waals surface area contributed by atoms with Gasteiger partial charge >= 0.3 is 0 Å². The highest BCUT2D eigenvalue weighted by Gasteiger charge is 2.08. The average Bonchev–Trinajstić information content (AvgIpc) is 2.85. The van der Waals surface area contributed by atoms with Gasteiger partial charge in [-0.05, 0) is 5.56 Å². The molecule has 6 nitrogen and oxygen atoms in total. The van der Waals surface area contributed by atoms with Crippen LogP contribution >= 0.6 is 12.2 Å². The number of nitrogens with two attached hydrogens (primary N) is 1. The summed E-state index contributed by atoms with van der Waals surface area (Å²) in [7, 11) is 1.76. The topological polar surface area (TPSA) is 78.7 Å². The molecule has 2 aromatic heterocycles. The Morgan fingerprint density at radius 2 is 2.05 bits per heavy atom. The van der Waals surface area contributed by atoms with Crippen LogP contribution in [-0.4, -0.2) is 24.3 Å². The first kappa shape index (κ1) is 13.4. The Hall–Kier alpha value is -2.54. The molecule has 1 aromatic carbocycles. The summed E-state index contributed by atoms with van der Waals surface area (Å²) >= 11 is 4.91. The second-order valence-corrected chi connectivity index (χ2v) is 5.18. The van der Waals surface area contributed by atoms with Crippen molar-refractivity contribution < 1.29 is 0 Å². The van der Waals surface area contributed by atoms with Crippen molar-refractivity contribution in [2.45, 2.75) is 6.54 Å². The van der Waals surface area contributed by atoms with E-state index in [-0.39, 0.29) is 5.56 Å². The first-order valence-electron chi connectivity index (χ1n) is 6.32. The summed E-state index contributed by atoms with van der Waals surface area (Å²) in [5, 5.41) is 4.56. The van der Waals surface area contributed by atoms with Gasteiger partial charge < -0.3 is 5.73 Å². The average molecular weight is 299 g/mol. The molecule has 0 atom stereocenters. The maximum Gasteiger partial charge on any atom is 0.264 e. The van der Waals surface area contributed by atoms with Gasteiger partial charge in [-0.25, -0.2) is 4.98 Å². The van der Waals surface area contributed by atoms with E-state index in [1.165, 1.54) is 12.5 Å². The van der Waals surface area contributed by atoms with Crippen molar-refractivity contribution in [3.05, 3.63) is 58.3 Å². The molecular weight excluding hydrogens is 286 g/mol. The molecule has 2 N–H and O–H groups in total. The number of nitrogens with zero attached hydrogens (tertiary/aromatic N) is 4. The van der Waals surface area contributed by atoms with Crippen molar-refractivity contribution in [1.29, 1.82) is 0 Å². The fourth-order valence-electron chi connectivity index (χ4n) is 2.15. The highest BCUT2D eigenvalue weighted by molar-refractivity contribution is 7.80. The van der Waals surface area contributed by atoms with Crippen molar-refractivity contribution >= 4 is 28.2 Å². The first-order valence-corrected chi connectivity index (χ1v) is 6.73. The predicted octanol–water partition coefficient (Wildman–Crippen LogP) is 0.812. The van der Waals surface area contributed by atoms with E-state index in [1.807, 2.05) is 24.3 Å². The molecule has 0 fully saturated rings. The summed E-state index contributed by atoms with van der Waals surface area (Å²) in [6.45, 7) is 0.439. The third kappa shape index (κ3) is 2.43. The number of rotatable bonds is 3. The van der Waals surface area contributed by atoms with Gasteiger partial charge in [-0.1, -0.05) is 36.5 Å². The molecule has 7 heteroatoms. The van der Waals surface area contributed by atoms with Crippen molar-refractivity contribution in [2.75, 3.05) is 0 Å². The van der Waals surface area contributed by atoms with Crippen LogP contribution in [0.25, 0.3) is 11.0 Å². The van der Waals surface area contributed by atoms with Crippen molar-refractivity contribution in [2.24, 2.45) is 12.8 Å². The van der Waals surface area contributed by atoms with Gasteiger partial charge in [0.05, 0.1) is 12.7 Å². The lowest BCUT2D eigenvalue weighted by Crippen LogP contribution is -2.21. The predicted molar refractivity (Wildman–Crippen MR) is 84.2 cm³/mol. The Morgan fingerprint density at radius 3 is 2.71 bits per heavy atom. The summed E-state index contributed by atoms with van der Waals surface area (Å²) in [6.07, 6.45) is 3.07. The SMILES string of the molecule is Cn1ncc2c(=O)n(Cc3ccc(C(N)=S)cc3)cnc21. The molecule has 0 aliphatic carbocycles. The van der Waals surface area contributed by atoms with Gasteiger partial charge in [0.25, 0.3) is 5.56 Å². The summed E-state index contributed by atoms with van der Waals surface area (Å²) in [6, 6.07) is 7.49. The summed E-state index contributed by atoms with van der Waals surface area (Å²) in [5.74, 6) is 0. The largest absolute Gasteiger partial charge is 0.389 e. The van der Waals surface area contributed by atoms with Crippen molar-refractivity contribution in [3.63, 3.8) is 0 Å². The second kappa shape index (κ2) is 5.10. The van der Waals surface area contributed by atoms with E-state index < -0.39 is 0 Å². The van der Waals surface area contributed by atoms with Crippen LogP contribution in [-0.2, 0) is 13.6 Å². The van der Waals surface area contributed by atoms with Crippen molar-refractivity contribution in [1.82, 2.24) is 19.3 Å². The third-order valence-corrected chi connectivity index (χ3v) is 3.55. The molecule has 0 spiro atoms. The van der Waals surface area contributed by atoms with Crippen LogP contribution in [0.15, 0.2) is 41.6 Å². The van der Waals surface area contributed by atoms with Gasteiger partial charge in [0.2, 0.25) is 0 Å². The number of hydrogen-bond donors (Lipinski definition) is 1. The number of fused-ring (bicyclic) bond motifs is 1. The summed E-state index contributed by atoms with van der Waals surface area (Å²) in [4.78, 5) is 17.0. The standard InChI is InChI=1S/C14H13N5OS/c1-18-13-11(6-17-18)14(20)19(8-16-13)7-9-2-4-10(5-3-9)12(15)21/h2-6,8H,7H2,1H3,(H2,15,21). The smallest absolute Gasteiger partial charge is 0.264 e. The zero-order valence-electron chi connectivity index (χ0n) is 11.4. The lowest BCUT2D eigenvalue weighted by atomic mass is 10.1. The van der Waals surface area contributed by atoms with E-state index in [2.05, 4.69) is 10.1 Å². The van der Waals surface area contributed by atoms with Crippen LogP contribution in [0.5, 0.6) is 0 Å². The molecule has 0 saturated carbocycles. The molecule has 0 bridgehead atoms. The minimum absolute atomic E-state index is 0.105. The molecule has 0 amide bonds. The van der Waals surface area contributed by atoms with Gasteiger partial charge in [-0.15, -0.1) is 0 Å². The fraction of sp³-hybridized carbons (Fsp3) is 0.143. The molecule has 3 aromatic rings. The third-order valence-electron chi connectivity index (χ3n) is 3.31. The van der Waals surface area contributed by atoms with E-state index >= 15 is 0 Å². The number of benzene rings is 1. The quantitative estimate of drug-likeness (QED) is 0.724. The van der Waals surface area contributed by atoms with Crippen LogP contribution < -0.4 is 11.3 Å². The maximum absolute atomic E-state index is 12.4. The van der Waals surface area contributed by atoms with Crippen LogP contribution in [0.3, 0.4) is 0 Å². The lowest BCUT2D eigenvalue weighted by Gasteiger charge is -2.06. The maximum atomic E-state index is 12.4. The zero-order chi connectivity index (χ0) is 15.0. The number of aromatic nitrogens is 4. The molecule has 0 saturated heterocycles. The highest BCUT2D eigenvalue weighted by atomic mass is 32.1. The molecule has 0 unspecified atom stereocenters. The summed E-state index contributed by atoms with van der Waals surface area (Å²) in [5.41, 5.74) is 7.82. The molecular formula is C14H13N5OS. The van der Waals surface area contributed by atoms with E-state index in [1.54, 1.807) is 16.3 Å². The van der Waals surface area contributed by atoms with E-state index in [4.69, 9.17) is 18.0 Å². The van der Waals surface area contributed by atoms with Crippen LogP contribution in [0, 0.1) is 0 Å². The summed E-state index contributed by atoms with van der Waals surface area (Å²) < 4.78 is 3.14. The Morgan fingerprint density at radius 1 is 1.33 bits per heavy atom. The molecule has 0 aliphatic rings. The van der Waals surface area contributed by atoms with Crippen LogP contribution in [0.1, 0.15) is 11.1 Å². The van der Waals surface area contributed by atoms with Gasteiger partial charge in [0, 0.05) is 12.6 Å². The lowest BCUT2D eigenvalue weighted by molar-refractivity contribution is 0.737. The van der Waals surface area contributed by atoms with Gasteiger partial charge in [-0.2, -0.15) is 5.10 Å². The molecule has 106 valence electrons. The Bertz CT molecular complexity index is 879. The Kier molecular flexibility index (Phi) is 3.26. The normalized spacial score (nSPS) is 10.9. The van der Waals surface area contributed by atoms with E-state index in [0.717, 1.165) is 11.1 Å². The van der Waals surface area contributed by atoms with E-state index in [0.29, 0.717) is 22.6 Å². The minimum atomic E-state index is -0.105. The highest BCUT2D eigenvalue weighted by Crippen LogP contribution is 2.07. The second-order valence-electron chi connectivity index (χ2n) is 4.74. The Labute approximate surface area is 125 Å². The fourth-order valence-corrected chi connectivity index (χ4v) is 2.29. The molecule has 3 rings (SSSR count). The van der Waals surface area contributed by atoms with Gasteiger partial charge in [0.1, 0.15) is 16.7 Å². The van der Waals surface area contributed by atoms with Crippen molar-refractivity contribution in [3.8, 4) is 0 Å². The van der Waals surface area contributed by atoms with Crippen LogP contribution in [0.4, 0.5) is 0 Å². The number of aryl methyl sites for hydroxylation is 1. The molecule has 0 aliphatic heterocycles. The van der Waals surface area contributed by atoms with Gasteiger partial charge in [0.15, 0.2) is 5.65 Å². The molecule has 21 heavy (non-hydrogen) atoms. The minimum Gasteiger partial charge on any atom is -0.389 e. The monoisotopic (exact) mass is 299 g/mol.